The van der Waals surface area contributed by atoms with E-state index in [0.717, 1.165) is 5.56 Å². The fraction of sp³-hybridized carbons (Fsp3) is 0.273. The minimum atomic E-state index is -0.519. The Kier molecular flexibility index (Phi) is 4.47. The van der Waals surface area contributed by atoms with Crippen molar-refractivity contribution in [3.63, 3.8) is 0 Å². The maximum absolute atomic E-state index is 10.9. The van der Waals surface area contributed by atoms with Crippen molar-refractivity contribution in [1.82, 2.24) is 0 Å². The van der Waals surface area contributed by atoms with Crippen molar-refractivity contribution in [2.24, 2.45) is 17.2 Å². The van der Waals surface area contributed by atoms with Crippen LogP contribution in [0.25, 0.3) is 0 Å². The lowest BCUT2D eigenvalue weighted by Crippen LogP contribution is -2.39. The van der Waals surface area contributed by atoms with Gasteiger partial charge in [-0.15, -0.1) is 0 Å². The van der Waals surface area contributed by atoms with Crippen LogP contribution < -0.4 is 22.1 Å². The second kappa shape index (κ2) is 5.86. The summed E-state index contributed by atoms with van der Waals surface area (Å²) in [6.45, 7) is 0.335. The van der Waals surface area contributed by atoms with Gasteiger partial charge in [0.2, 0.25) is 11.8 Å². The first-order valence-corrected chi connectivity index (χ1v) is 5.13. The Morgan fingerprint density at radius 3 is 1.82 bits per heavy atom. The number of rotatable bonds is 6. The van der Waals surface area contributed by atoms with Crippen LogP contribution in [0.5, 0.6) is 0 Å². The Balaban J connectivity index is 2.86. The zero-order valence-corrected chi connectivity index (χ0v) is 9.43. The molecule has 0 aliphatic carbocycles. The summed E-state index contributed by atoms with van der Waals surface area (Å²) < 4.78 is 0. The number of anilines is 1. The number of primary amides is 2. The average molecular weight is 236 g/mol. The van der Waals surface area contributed by atoms with E-state index in [-0.39, 0.29) is 13.1 Å². The number of carbonyl (C=O) groups is 2. The molecule has 1 rings (SSSR count). The molecule has 1 aromatic rings. The van der Waals surface area contributed by atoms with E-state index < -0.39 is 11.8 Å². The quantitative estimate of drug-likeness (QED) is 0.582. The Bertz CT molecular complexity index is 386. The van der Waals surface area contributed by atoms with Crippen LogP contribution in [-0.2, 0) is 16.1 Å². The van der Waals surface area contributed by atoms with Gasteiger partial charge in [-0.2, -0.15) is 0 Å². The summed E-state index contributed by atoms with van der Waals surface area (Å²) in [7, 11) is 0. The summed E-state index contributed by atoms with van der Waals surface area (Å²) in [6, 6.07) is 7.19. The monoisotopic (exact) mass is 236 g/mol. The molecule has 6 nitrogen and oxygen atoms in total. The minimum absolute atomic E-state index is 0.0507. The molecule has 0 aliphatic heterocycles. The van der Waals surface area contributed by atoms with Gasteiger partial charge in [-0.3, -0.25) is 9.59 Å². The summed E-state index contributed by atoms with van der Waals surface area (Å²) in [6.07, 6.45) is 0. The molecule has 0 bridgehead atoms. The zero-order valence-electron chi connectivity index (χ0n) is 9.43. The maximum Gasteiger partial charge on any atom is 0.236 e. The van der Waals surface area contributed by atoms with E-state index in [1.54, 1.807) is 12.1 Å². The van der Waals surface area contributed by atoms with Crippen molar-refractivity contribution in [2.45, 2.75) is 6.54 Å². The Labute approximate surface area is 99.4 Å². The third kappa shape index (κ3) is 4.12. The van der Waals surface area contributed by atoms with Crippen molar-refractivity contribution in [2.75, 3.05) is 18.0 Å². The largest absolute Gasteiger partial charge is 0.368 e. The van der Waals surface area contributed by atoms with Crippen LogP contribution in [0, 0.1) is 0 Å². The first kappa shape index (κ1) is 13.0. The molecule has 0 aliphatic rings. The Morgan fingerprint density at radius 1 is 1.00 bits per heavy atom. The van der Waals surface area contributed by atoms with Crippen LogP contribution in [0.1, 0.15) is 5.56 Å². The third-order valence-corrected chi connectivity index (χ3v) is 2.23. The lowest BCUT2D eigenvalue weighted by molar-refractivity contribution is -0.117. The molecular formula is C11H16N4O2. The second-order valence-corrected chi connectivity index (χ2v) is 3.66. The molecule has 0 unspecified atom stereocenters. The van der Waals surface area contributed by atoms with E-state index in [2.05, 4.69) is 0 Å². The third-order valence-electron chi connectivity index (χ3n) is 2.23. The predicted octanol–water partition coefficient (Wildman–Crippen LogP) is -1.08. The van der Waals surface area contributed by atoms with Gasteiger partial charge in [-0.05, 0) is 17.7 Å². The maximum atomic E-state index is 10.9. The van der Waals surface area contributed by atoms with E-state index in [1.165, 1.54) is 4.90 Å². The number of nitrogens with two attached hydrogens (primary N) is 3. The van der Waals surface area contributed by atoms with Crippen LogP contribution in [0.4, 0.5) is 5.69 Å². The molecule has 92 valence electrons. The fourth-order valence-corrected chi connectivity index (χ4v) is 1.46. The normalized spacial score (nSPS) is 9.94. The summed E-state index contributed by atoms with van der Waals surface area (Å²) in [5.41, 5.74) is 17.4. The van der Waals surface area contributed by atoms with E-state index in [0.29, 0.717) is 12.2 Å². The number of carbonyl (C=O) groups excluding carboxylic acids is 2. The van der Waals surface area contributed by atoms with Gasteiger partial charge >= 0.3 is 0 Å². The Morgan fingerprint density at radius 2 is 1.47 bits per heavy atom. The number of hydrogen-bond donors (Lipinski definition) is 3. The molecule has 0 heterocycles. The van der Waals surface area contributed by atoms with Crippen molar-refractivity contribution in [3.8, 4) is 0 Å². The molecule has 0 atom stereocenters. The lowest BCUT2D eigenvalue weighted by atomic mass is 10.2. The highest BCUT2D eigenvalue weighted by Gasteiger charge is 2.11. The van der Waals surface area contributed by atoms with Gasteiger partial charge in [0.05, 0.1) is 13.1 Å². The molecule has 0 saturated carbocycles. The summed E-state index contributed by atoms with van der Waals surface area (Å²) in [5, 5.41) is 0. The minimum Gasteiger partial charge on any atom is -0.368 e. The number of nitrogens with zero attached hydrogens (tertiary/aromatic N) is 1. The highest BCUT2D eigenvalue weighted by Crippen LogP contribution is 2.14. The molecule has 17 heavy (non-hydrogen) atoms. The van der Waals surface area contributed by atoms with Crippen LogP contribution in [-0.4, -0.2) is 24.9 Å². The van der Waals surface area contributed by atoms with Gasteiger partial charge in [0.15, 0.2) is 0 Å². The average Bonchev–Trinajstić information content (AvgIpc) is 2.27. The first-order valence-electron chi connectivity index (χ1n) is 5.13. The summed E-state index contributed by atoms with van der Waals surface area (Å²) >= 11 is 0. The molecule has 0 radical (unpaired) electrons. The topological polar surface area (TPSA) is 115 Å². The molecule has 0 spiro atoms. The van der Waals surface area contributed by atoms with Gasteiger partial charge < -0.3 is 22.1 Å². The fourth-order valence-electron chi connectivity index (χ4n) is 1.46. The van der Waals surface area contributed by atoms with Crippen molar-refractivity contribution in [3.05, 3.63) is 29.8 Å². The summed E-state index contributed by atoms with van der Waals surface area (Å²) in [5.74, 6) is -1.04. The van der Waals surface area contributed by atoms with E-state index in [1.807, 2.05) is 12.1 Å². The standard InChI is InChI=1S/C11H16N4O2/c12-5-8-1-3-9(4-2-8)15(6-10(13)16)7-11(14)17/h1-4H,5-7,12H2,(H2,13,16)(H2,14,17). The summed E-state index contributed by atoms with van der Waals surface area (Å²) in [4.78, 5) is 23.3. The molecule has 6 heteroatoms. The highest BCUT2D eigenvalue weighted by atomic mass is 16.2. The van der Waals surface area contributed by atoms with E-state index in [4.69, 9.17) is 17.2 Å². The molecule has 1 aromatic carbocycles. The van der Waals surface area contributed by atoms with Gasteiger partial charge in [0.25, 0.3) is 0 Å². The molecule has 6 N–H and O–H groups in total. The SMILES string of the molecule is NCc1ccc(N(CC(N)=O)CC(N)=O)cc1. The van der Waals surface area contributed by atoms with Crippen LogP contribution in [0.3, 0.4) is 0 Å². The van der Waals surface area contributed by atoms with E-state index >= 15 is 0 Å². The molecule has 0 saturated heterocycles. The second-order valence-electron chi connectivity index (χ2n) is 3.66. The van der Waals surface area contributed by atoms with Crippen LogP contribution >= 0.6 is 0 Å². The lowest BCUT2D eigenvalue weighted by Gasteiger charge is -2.21. The van der Waals surface area contributed by atoms with Crippen molar-refractivity contribution >= 4 is 17.5 Å². The van der Waals surface area contributed by atoms with Gasteiger partial charge in [-0.25, -0.2) is 0 Å². The van der Waals surface area contributed by atoms with Gasteiger partial charge in [0.1, 0.15) is 0 Å². The van der Waals surface area contributed by atoms with E-state index in [9.17, 15) is 9.59 Å². The van der Waals surface area contributed by atoms with Gasteiger partial charge in [-0.1, -0.05) is 12.1 Å². The van der Waals surface area contributed by atoms with Crippen LogP contribution in [0.15, 0.2) is 24.3 Å². The predicted molar refractivity (Wildman–Crippen MR) is 64.9 cm³/mol. The molecule has 2 amide bonds. The van der Waals surface area contributed by atoms with Crippen LogP contribution in [0.2, 0.25) is 0 Å². The molecule has 0 fully saturated rings. The smallest absolute Gasteiger partial charge is 0.236 e. The molecular weight excluding hydrogens is 220 g/mol. The number of benzene rings is 1. The van der Waals surface area contributed by atoms with Crippen molar-refractivity contribution in [1.29, 1.82) is 0 Å². The Hall–Kier alpha value is -2.08. The van der Waals surface area contributed by atoms with Gasteiger partial charge in [0, 0.05) is 12.2 Å². The highest BCUT2D eigenvalue weighted by molar-refractivity contribution is 5.84. The van der Waals surface area contributed by atoms with Crippen molar-refractivity contribution < 1.29 is 9.59 Å². The number of hydrogen-bond acceptors (Lipinski definition) is 4. The first-order chi connectivity index (χ1) is 8.02. The molecule has 0 aromatic heterocycles. The zero-order chi connectivity index (χ0) is 12.8. The number of amides is 2.